The predicted octanol–water partition coefficient (Wildman–Crippen LogP) is 5.58. The molecule has 2 aliphatic heterocycles. The number of benzene rings is 3. The normalized spacial score (nSPS) is 19.6. The third-order valence-corrected chi connectivity index (χ3v) is 7.76. The summed E-state index contributed by atoms with van der Waals surface area (Å²) in [6.07, 6.45) is 2.25. The predicted molar refractivity (Wildman–Crippen MR) is 146 cm³/mol. The molecule has 0 amide bonds. The van der Waals surface area contributed by atoms with Crippen molar-refractivity contribution in [2.24, 2.45) is 5.41 Å². The summed E-state index contributed by atoms with van der Waals surface area (Å²) in [6, 6.07) is 16.0. The van der Waals surface area contributed by atoms with E-state index in [0.717, 1.165) is 36.7 Å². The first-order chi connectivity index (χ1) is 17.8. The zero-order valence-corrected chi connectivity index (χ0v) is 21.7. The number of aliphatic hydroxyl groups excluding tert-OH is 1. The van der Waals surface area contributed by atoms with Crippen LogP contribution in [0.1, 0.15) is 26.7 Å². The smallest absolute Gasteiger partial charge is 0.319 e. The first-order valence-electron chi connectivity index (χ1n) is 12.8. The molecule has 2 N–H and O–H groups in total. The number of nitrogens with one attached hydrogen (secondary N) is 1. The van der Waals surface area contributed by atoms with Crippen molar-refractivity contribution in [3.8, 4) is 17.1 Å². The van der Waals surface area contributed by atoms with Gasteiger partial charge < -0.3 is 20.1 Å². The Kier molecular flexibility index (Phi) is 6.18. The Labute approximate surface area is 220 Å². The second kappa shape index (κ2) is 9.39. The number of hydrogen-bond acceptors (Lipinski definition) is 6. The molecule has 0 aliphatic carbocycles. The Hall–Kier alpha value is -3.00. The van der Waals surface area contributed by atoms with E-state index in [1.165, 1.54) is 0 Å². The number of nitrogens with zero attached hydrogens (tertiary/aromatic N) is 3. The van der Waals surface area contributed by atoms with Gasteiger partial charge in [0.25, 0.3) is 0 Å². The van der Waals surface area contributed by atoms with E-state index in [-0.39, 0.29) is 24.7 Å². The van der Waals surface area contributed by atoms with Gasteiger partial charge in [-0.15, -0.1) is 0 Å². The fourth-order valence-electron chi connectivity index (χ4n) is 5.43. The highest BCUT2D eigenvalue weighted by molar-refractivity contribution is 6.36. The van der Waals surface area contributed by atoms with Crippen LogP contribution in [0.2, 0.25) is 5.02 Å². The third kappa shape index (κ3) is 4.49. The van der Waals surface area contributed by atoms with Gasteiger partial charge in [-0.3, -0.25) is 0 Å². The van der Waals surface area contributed by atoms with Gasteiger partial charge in [-0.25, -0.2) is 4.39 Å². The monoisotopic (exact) mass is 520 g/mol. The second-order valence-corrected chi connectivity index (χ2v) is 11.4. The average molecular weight is 521 g/mol. The van der Waals surface area contributed by atoms with E-state index in [0.29, 0.717) is 39.4 Å². The molecular weight excluding hydrogens is 491 g/mol. The molecule has 6 rings (SSSR count). The third-order valence-electron chi connectivity index (χ3n) is 7.45. The topological polar surface area (TPSA) is 70.5 Å². The van der Waals surface area contributed by atoms with Gasteiger partial charge in [-0.2, -0.15) is 9.97 Å². The minimum absolute atomic E-state index is 0.0467. The molecule has 0 saturated carbocycles. The molecular formula is C29H30ClFN4O2. The summed E-state index contributed by atoms with van der Waals surface area (Å²) in [7, 11) is 0. The van der Waals surface area contributed by atoms with Gasteiger partial charge in [0.1, 0.15) is 11.3 Å². The number of aliphatic hydroxyl groups is 1. The van der Waals surface area contributed by atoms with Gasteiger partial charge in [0.05, 0.1) is 13.2 Å². The van der Waals surface area contributed by atoms with Crippen LogP contribution >= 0.6 is 11.6 Å². The van der Waals surface area contributed by atoms with Crippen molar-refractivity contribution >= 4 is 39.1 Å². The number of halogens is 2. The van der Waals surface area contributed by atoms with Crippen molar-refractivity contribution in [1.29, 1.82) is 0 Å². The van der Waals surface area contributed by atoms with Gasteiger partial charge in [-0.1, -0.05) is 61.8 Å². The number of rotatable bonds is 6. The highest BCUT2D eigenvalue weighted by atomic mass is 35.5. The summed E-state index contributed by atoms with van der Waals surface area (Å²) in [5.74, 6) is 0.250. The van der Waals surface area contributed by atoms with E-state index in [9.17, 15) is 5.11 Å². The molecule has 2 bridgehead atoms. The summed E-state index contributed by atoms with van der Waals surface area (Å²) in [4.78, 5) is 11.5. The summed E-state index contributed by atoms with van der Waals surface area (Å²) in [6.45, 7) is 5.55. The fraction of sp³-hybridized carbons (Fsp3) is 0.379. The number of aromatic nitrogens is 2. The highest BCUT2D eigenvalue weighted by Crippen LogP contribution is 2.39. The lowest BCUT2D eigenvalue weighted by Crippen LogP contribution is -2.51. The number of ether oxygens (including phenoxy) is 1. The fourth-order valence-corrected chi connectivity index (χ4v) is 5.72. The van der Waals surface area contributed by atoms with E-state index in [1.807, 2.05) is 56.3 Å². The lowest BCUT2D eigenvalue weighted by atomic mass is 9.96. The van der Waals surface area contributed by atoms with Gasteiger partial charge in [0.15, 0.2) is 5.82 Å². The Morgan fingerprint density at radius 2 is 1.78 bits per heavy atom. The molecule has 0 radical (unpaired) electrons. The summed E-state index contributed by atoms with van der Waals surface area (Å²) in [5, 5.41) is 16.3. The highest BCUT2D eigenvalue weighted by Gasteiger charge is 2.34. The molecule has 2 atom stereocenters. The van der Waals surface area contributed by atoms with E-state index in [1.54, 1.807) is 6.07 Å². The molecule has 192 valence electrons. The molecule has 1 aromatic heterocycles. The van der Waals surface area contributed by atoms with Gasteiger partial charge >= 0.3 is 6.01 Å². The molecule has 2 fully saturated rings. The molecule has 37 heavy (non-hydrogen) atoms. The van der Waals surface area contributed by atoms with Crippen molar-refractivity contribution in [3.05, 3.63) is 59.4 Å². The van der Waals surface area contributed by atoms with E-state index in [2.05, 4.69) is 15.2 Å². The molecule has 4 aromatic rings. The first-order valence-corrected chi connectivity index (χ1v) is 13.1. The van der Waals surface area contributed by atoms with Crippen LogP contribution in [-0.4, -0.2) is 53.5 Å². The van der Waals surface area contributed by atoms with Gasteiger partial charge in [-0.05, 0) is 35.9 Å². The summed E-state index contributed by atoms with van der Waals surface area (Å²) in [5.41, 5.74) is 0.881. The Bertz CT molecular complexity index is 1480. The number of piperazine rings is 1. The Morgan fingerprint density at radius 1 is 1.05 bits per heavy atom. The summed E-state index contributed by atoms with van der Waals surface area (Å²) < 4.78 is 22.3. The quantitative estimate of drug-likeness (QED) is 0.346. The van der Waals surface area contributed by atoms with Crippen LogP contribution in [0, 0.1) is 11.2 Å². The number of fused-ring (bicyclic) bond motifs is 4. The second-order valence-electron chi connectivity index (χ2n) is 11.0. The Balaban J connectivity index is 1.51. The van der Waals surface area contributed by atoms with Crippen molar-refractivity contribution < 1.29 is 14.2 Å². The van der Waals surface area contributed by atoms with Crippen LogP contribution in [0.5, 0.6) is 6.01 Å². The van der Waals surface area contributed by atoms with Crippen LogP contribution in [-0.2, 0) is 0 Å². The molecule has 8 heteroatoms. The van der Waals surface area contributed by atoms with Crippen molar-refractivity contribution in [3.63, 3.8) is 0 Å². The SMILES string of the molecule is CC(C)(CO)COc1nc(N2C[C@H]3CC[C@@H](C2)N3)c2ccc(-c3cccc4cccc(Cl)c34)c(F)c2n1. The van der Waals surface area contributed by atoms with Crippen LogP contribution < -0.4 is 15.0 Å². The van der Waals surface area contributed by atoms with Gasteiger partial charge in [0.2, 0.25) is 0 Å². The largest absolute Gasteiger partial charge is 0.463 e. The molecule has 3 heterocycles. The Morgan fingerprint density at radius 3 is 2.51 bits per heavy atom. The summed E-state index contributed by atoms with van der Waals surface area (Å²) >= 11 is 6.56. The van der Waals surface area contributed by atoms with Crippen LogP contribution in [0.15, 0.2) is 48.5 Å². The molecule has 0 unspecified atom stereocenters. The van der Waals surface area contributed by atoms with E-state index < -0.39 is 11.2 Å². The van der Waals surface area contributed by atoms with Crippen LogP contribution in [0.3, 0.4) is 0 Å². The van der Waals surface area contributed by atoms with Crippen LogP contribution in [0.4, 0.5) is 10.2 Å². The van der Waals surface area contributed by atoms with Gasteiger partial charge in [0, 0.05) is 51.9 Å². The molecule has 3 aromatic carbocycles. The zero-order valence-electron chi connectivity index (χ0n) is 21.0. The first kappa shape index (κ1) is 24.3. The lowest BCUT2D eigenvalue weighted by molar-refractivity contribution is 0.0927. The van der Waals surface area contributed by atoms with E-state index >= 15 is 4.39 Å². The van der Waals surface area contributed by atoms with Crippen molar-refractivity contribution in [2.45, 2.75) is 38.8 Å². The standard InChI is InChI=1S/C29H30ClFN4O2/c1-29(2,15-36)16-37-28-33-26-22(27(34-28)35-13-18-9-10-19(14-35)32-18)12-11-21(25(26)31)20-7-3-5-17-6-4-8-23(30)24(17)20/h3-8,11-12,18-19,32,36H,9-10,13-16H2,1-2H3/t18-,19+. The minimum atomic E-state index is -0.479. The maximum Gasteiger partial charge on any atom is 0.319 e. The molecule has 2 saturated heterocycles. The maximum absolute atomic E-state index is 16.4. The zero-order chi connectivity index (χ0) is 25.7. The molecule has 0 spiro atoms. The molecule has 2 aliphatic rings. The lowest BCUT2D eigenvalue weighted by Gasteiger charge is -2.34. The van der Waals surface area contributed by atoms with Crippen molar-refractivity contribution in [1.82, 2.24) is 15.3 Å². The number of hydrogen-bond donors (Lipinski definition) is 2. The van der Waals surface area contributed by atoms with Crippen molar-refractivity contribution in [2.75, 3.05) is 31.2 Å². The maximum atomic E-state index is 16.4. The van der Waals surface area contributed by atoms with E-state index in [4.69, 9.17) is 21.3 Å². The number of anilines is 1. The minimum Gasteiger partial charge on any atom is -0.463 e. The molecule has 6 nitrogen and oxygen atoms in total. The average Bonchev–Trinajstić information content (AvgIpc) is 3.24. The van der Waals surface area contributed by atoms with Crippen LogP contribution in [0.25, 0.3) is 32.8 Å².